The summed E-state index contributed by atoms with van der Waals surface area (Å²) in [7, 11) is 1.64. The number of rotatable bonds is 8. The van der Waals surface area contributed by atoms with Gasteiger partial charge < -0.3 is 20.3 Å². The molecule has 0 radical (unpaired) electrons. The van der Waals surface area contributed by atoms with Crippen molar-refractivity contribution in [3.63, 3.8) is 0 Å². The van der Waals surface area contributed by atoms with Crippen molar-refractivity contribution < 1.29 is 14.6 Å². The van der Waals surface area contributed by atoms with Gasteiger partial charge in [-0.15, -0.1) is 11.3 Å². The van der Waals surface area contributed by atoms with Crippen molar-refractivity contribution in [3.8, 4) is 5.75 Å². The predicted molar refractivity (Wildman–Crippen MR) is 118 cm³/mol. The molecule has 1 atom stereocenters. The van der Waals surface area contributed by atoms with Crippen LogP contribution >= 0.6 is 23.1 Å². The molecule has 0 unspecified atom stereocenters. The van der Waals surface area contributed by atoms with Gasteiger partial charge in [0.1, 0.15) is 16.4 Å². The molecule has 1 aliphatic rings. The first-order valence-electron chi connectivity index (χ1n) is 9.73. The molecule has 0 fully saturated rings. The van der Waals surface area contributed by atoms with Gasteiger partial charge in [-0.3, -0.25) is 0 Å². The largest absolute Gasteiger partial charge is 0.497 e. The number of ether oxygens (including phenoxy) is 2. The highest BCUT2D eigenvalue weighted by atomic mass is 32.2. The third-order valence-electron chi connectivity index (χ3n) is 4.96. The zero-order valence-electron chi connectivity index (χ0n) is 16.4. The molecule has 2 heterocycles. The standard InChI is InChI=1S/C21H25N3O3S2/c1-26-15-8-6-13(7-9-15)10-27-11-14(25)12-28-21-23-19(22)18-16-4-2-3-5-17(16)29-20(18)24-21/h6-9,14,25H,2-5,10-12H2,1H3,(H2,22,23,24)/t14-/m1/s1. The number of aromatic nitrogens is 2. The molecule has 6 nitrogen and oxygen atoms in total. The Kier molecular flexibility index (Phi) is 6.54. The quantitative estimate of drug-likeness (QED) is 0.414. The number of anilines is 1. The summed E-state index contributed by atoms with van der Waals surface area (Å²) in [6.07, 6.45) is 4.02. The Hall–Kier alpha value is -1.87. The molecule has 0 amide bonds. The van der Waals surface area contributed by atoms with Gasteiger partial charge in [0.15, 0.2) is 5.16 Å². The lowest BCUT2D eigenvalue weighted by molar-refractivity contribution is 0.0397. The van der Waals surface area contributed by atoms with E-state index < -0.39 is 6.10 Å². The molecule has 0 saturated carbocycles. The van der Waals surface area contributed by atoms with E-state index >= 15 is 0 Å². The third-order valence-corrected chi connectivity index (χ3v) is 7.14. The van der Waals surface area contributed by atoms with Crippen molar-refractivity contribution in [2.75, 3.05) is 25.2 Å². The maximum Gasteiger partial charge on any atom is 0.190 e. The topological polar surface area (TPSA) is 90.5 Å². The summed E-state index contributed by atoms with van der Waals surface area (Å²) in [5.41, 5.74) is 8.62. The van der Waals surface area contributed by atoms with Crippen LogP contribution in [0.5, 0.6) is 5.75 Å². The lowest BCUT2D eigenvalue weighted by atomic mass is 9.97. The van der Waals surface area contributed by atoms with Crippen LogP contribution in [-0.4, -0.2) is 40.6 Å². The normalized spacial score (nSPS) is 14.7. The third kappa shape index (κ3) is 4.83. The minimum atomic E-state index is -0.602. The van der Waals surface area contributed by atoms with Crippen molar-refractivity contribution >= 4 is 39.1 Å². The van der Waals surface area contributed by atoms with Crippen LogP contribution in [0.2, 0.25) is 0 Å². The molecular weight excluding hydrogens is 406 g/mol. The van der Waals surface area contributed by atoms with Crippen LogP contribution in [0.15, 0.2) is 29.4 Å². The van der Waals surface area contributed by atoms with Gasteiger partial charge in [-0.05, 0) is 48.9 Å². The van der Waals surface area contributed by atoms with E-state index in [0.717, 1.165) is 34.4 Å². The molecule has 8 heteroatoms. The van der Waals surface area contributed by atoms with Gasteiger partial charge in [-0.25, -0.2) is 9.97 Å². The van der Waals surface area contributed by atoms with Crippen molar-refractivity contribution in [2.45, 2.75) is 43.6 Å². The number of methoxy groups -OCH3 is 1. The Bertz CT molecular complexity index is 975. The van der Waals surface area contributed by atoms with Crippen LogP contribution in [-0.2, 0) is 24.2 Å². The van der Waals surface area contributed by atoms with E-state index in [0.29, 0.717) is 23.3 Å². The molecule has 0 spiro atoms. The number of thioether (sulfide) groups is 1. The number of nitrogens with two attached hydrogens (primary N) is 1. The summed E-state index contributed by atoms with van der Waals surface area (Å²) < 4.78 is 10.8. The van der Waals surface area contributed by atoms with E-state index in [1.165, 1.54) is 35.0 Å². The Morgan fingerprint density at radius 2 is 2.00 bits per heavy atom. The second-order valence-electron chi connectivity index (χ2n) is 7.11. The van der Waals surface area contributed by atoms with Crippen LogP contribution in [0.4, 0.5) is 5.82 Å². The Balaban J connectivity index is 1.30. The van der Waals surface area contributed by atoms with E-state index in [1.807, 2.05) is 24.3 Å². The van der Waals surface area contributed by atoms with Crippen LogP contribution < -0.4 is 10.5 Å². The first kappa shape index (κ1) is 20.4. The molecule has 0 bridgehead atoms. The van der Waals surface area contributed by atoms with E-state index in [2.05, 4.69) is 9.97 Å². The first-order valence-corrected chi connectivity index (χ1v) is 11.5. The Morgan fingerprint density at radius 3 is 2.79 bits per heavy atom. The number of aliphatic hydroxyl groups excluding tert-OH is 1. The highest BCUT2D eigenvalue weighted by Crippen LogP contribution is 2.38. The van der Waals surface area contributed by atoms with E-state index in [1.54, 1.807) is 18.4 Å². The van der Waals surface area contributed by atoms with Crippen molar-refractivity contribution in [1.29, 1.82) is 0 Å². The number of aliphatic hydroxyl groups is 1. The number of nitrogen functional groups attached to an aromatic ring is 1. The fourth-order valence-electron chi connectivity index (χ4n) is 3.48. The molecule has 3 N–H and O–H groups in total. The van der Waals surface area contributed by atoms with Crippen molar-refractivity contribution in [2.24, 2.45) is 0 Å². The van der Waals surface area contributed by atoms with Gasteiger partial charge in [0, 0.05) is 10.6 Å². The maximum absolute atomic E-state index is 10.2. The molecule has 29 heavy (non-hydrogen) atoms. The van der Waals surface area contributed by atoms with Crippen LogP contribution in [0.3, 0.4) is 0 Å². The van der Waals surface area contributed by atoms with Gasteiger partial charge in [0.25, 0.3) is 0 Å². The lowest BCUT2D eigenvalue weighted by Crippen LogP contribution is -2.18. The first-order chi connectivity index (χ1) is 14.1. The molecule has 1 aromatic carbocycles. The minimum Gasteiger partial charge on any atom is -0.497 e. The zero-order valence-corrected chi connectivity index (χ0v) is 18.0. The van der Waals surface area contributed by atoms with Gasteiger partial charge in [0.05, 0.1) is 31.8 Å². The summed E-state index contributed by atoms with van der Waals surface area (Å²) in [4.78, 5) is 11.5. The smallest absolute Gasteiger partial charge is 0.190 e. The maximum atomic E-state index is 10.2. The van der Waals surface area contributed by atoms with Crippen molar-refractivity contribution in [3.05, 3.63) is 40.3 Å². The Morgan fingerprint density at radius 1 is 1.21 bits per heavy atom. The number of fused-ring (bicyclic) bond motifs is 3. The molecule has 154 valence electrons. The van der Waals surface area contributed by atoms with Crippen LogP contribution in [0, 0.1) is 0 Å². The van der Waals surface area contributed by atoms with Gasteiger partial charge in [-0.1, -0.05) is 23.9 Å². The summed E-state index contributed by atoms with van der Waals surface area (Å²) in [5.74, 6) is 1.83. The van der Waals surface area contributed by atoms with Crippen molar-refractivity contribution in [1.82, 2.24) is 9.97 Å². The molecular formula is C21H25N3O3S2. The molecule has 3 aromatic rings. The predicted octanol–water partition coefficient (Wildman–Crippen LogP) is 3.83. The number of benzene rings is 1. The second kappa shape index (κ2) is 9.30. The van der Waals surface area contributed by atoms with Gasteiger partial charge in [0.2, 0.25) is 0 Å². The molecule has 2 aromatic heterocycles. The highest BCUT2D eigenvalue weighted by molar-refractivity contribution is 7.99. The van der Waals surface area contributed by atoms with E-state index in [-0.39, 0.29) is 6.61 Å². The number of hydrogen-bond donors (Lipinski definition) is 2. The Labute approximate surface area is 178 Å². The number of hydrogen-bond acceptors (Lipinski definition) is 8. The molecule has 4 rings (SSSR count). The van der Waals surface area contributed by atoms with Crippen LogP contribution in [0.1, 0.15) is 28.8 Å². The average Bonchev–Trinajstić information content (AvgIpc) is 3.11. The van der Waals surface area contributed by atoms with E-state index in [9.17, 15) is 5.11 Å². The summed E-state index contributed by atoms with van der Waals surface area (Å²) in [6.45, 7) is 0.700. The van der Waals surface area contributed by atoms with E-state index in [4.69, 9.17) is 15.2 Å². The zero-order chi connectivity index (χ0) is 20.2. The minimum absolute atomic E-state index is 0.254. The number of nitrogens with zero attached hydrogens (tertiary/aromatic N) is 2. The number of aryl methyl sites for hydroxylation is 2. The number of thiophene rings is 1. The highest BCUT2D eigenvalue weighted by Gasteiger charge is 2.20. The average molecular weight is 432 g/mol. The monoisotopic (exact) mass is 431 g/mol. The summed E-state index contributed by atoms with van der Waals surface area (Å²) >= 11 is 3.15. The van der Waals surface area contributed by atoms with Crippen LogP contribution in [0.25, 0.3) is 10.2 Å². The molecule has 0 saturated heterocycles. The fraction of sp³-hybridized carbons (Fsp3) is 0.429. The lowest BCUT2D eigenvalue weighted by Gasteiger charge is -2.12. The SMILES string of the molecule is COc1ccc(COC[C@@H](O)CSc2nc(N)c3c4c(sc3n2)CCCC4)cc1. The van der Waals surface area contributed by atoms with Gasteiger partial charge in [-0.2, -0.15) is 0 Å². The van der Waals surface area contributed by atoms with Gasteiger partial charge >= 0.3 is 0 Å². The second-order valence-corrected chi connectivity index (χ2v) is 9.18. The fourth-order valence-corrected chi connectivity index (χ4v) is 5.57. The molecule has 1 aliphatic carbocycles. The summed E-state index contributed by atoms with van der Waals surface area (Å²) in [5, 5.41) is 11.9. The molecule has 0 aliphatic heterocycles. The summed E-state index contributed by atoms with van der Waals surface area (Å²) in [6, 6.07) is 7.69.